The average Bonchev–Trinajstić information content (AvgIpc) is 3.25. The molecule has 0 atom stereocenters. The van der Waals surface area contributed by atoms with Crippen LogP contribution in [0.3, 0.4) is 0 Å². The van der Waals surface area contributed by atoms with E-state index in [9.17, 15) is 0 Å². The lowest BCUT2D eigenvalue weighted by atomic mass is 9.82. The maximum Gasteiger partial charge on any atom is 0.0467 e. The molecule has 0 saturated carbocycles. The maximum absolute atomic E-state index is 3.82. The Kier molecular flexibility index (Phi) is 7.58. The van der Waals surface area contributed by atoms with Gasteiger partial charge in [0.2, 0.25) is 0 Å². The van der Waals surface area contributed by atoms with Crippen LogP contribution in [0.25, 0.3) is 27.8 Å². The van der Waals surface area contributed by atoms with E-state index >= 15 is 0 Å². The van der Waals surface area contributed by atoms with E-state index < -0.39 is 0 Å². The first kappa shape index (κ1) is 27.8. The summed E-state index contributed by atoms with van der Waals surface area (Å²) in [5.74, 6) is 0. The smallest absolute Gasteiger partial charge is 0.0467 e. The van der Waals surface area contributed by atoms with E-state index in [4.69, 9.17) is 0 Å². The summed E-state index contributed by atoms with van der Waals surface area (Å²) in [6.45, 7) is 10.6. The summed E-state index contributed by atoms with van der Waals surface area (Å²) >= 11 is 3.57. The lowest BCUT2D eigenvalue weighted by Gasteiger charge is -2.28. The number of nitrogens with zero attached hydrogens (tertiary/aromatic N) is 1. The minimum atomic E-state index is -0.0744. The number of fused-ring (bicyclic) bond motifs is 3. The van der Waals surface area contributed by atoms with E-state index in [0.29, 0.717) is 0 Å². The number of rotatable bonds is 7. The molecular formula is C40H34BrN. The van der Waals surface area contributed by atoms with Gasteiger partial charge in [0.05, 0.1) is 0 Å². The molecule has 0 fully saturated rings. The SMILES string of the molecule is C=C/C=C\C(=C/C)c1ccc(N(c2cccc(-c3ccc(Br)cc3)c2)c2ccc3c(c2)C(C)(C)c2ccccc2-3)cc1. The molecule has 5 aromatic rings. The predicted octanol–water partition coefficient (Wildman–Crippen LogP) is 12.0. The van der Waals surface area contributed by atoms with Gasteiger partial charge in [-0.15, -0.1) is 0 Å². The molecule has 42 heavy (non-hydrogen) atoms. The van der Waals surface area contributed by atoms with Crippen LogP contribution in [0.5, 0.6) is 0 Å². The Morgan fingerprint density at radius 3 is 2.12 bits per heavy atom. The number of allylic oxidation sites excluding steroid dienone is 5. The zero-order valence-electron chi connectivity index (χ0n) is 24.3. The Morgan fingerprint density at radius 2 is 1.38 bits per heavy atom. The standard InChI is InChI=1S/C40H34BrN/c1-5-7-11-28(6-2)29-18-22-33(23-19-29)42(34-13-10-12-31(26-34)30-16-20-32(41)21-17-30)35-24-25-37-36-14-8-9-15-38(36)40(3,4)39(37)27-35/h5-27H,1H2,2-4H3/b11-7-,28-6+. The highest BCUT2D eigenvalue weighted by Crippen LogP contribution is 2.50. The fourth-order valence-electron chi connectivity index (χ4n) is 6.08. The van der Waals surface area contributed by atoms with Crippen LogP contribution in [0, 0.1) is 0 Å². The molecule has 5 aromatic carbocycles. The van der Waals surface area contributed by atoms with E-state index in [2.05, 4.69) is 176 Å². The molecule has 0 bridgehead atoms. The summed E-state index contributed by atoms with van der Waals surface area (Å²) in [7, 11) is 0. The van der Waals surface area contributed by atoms with Gasteiger partial charge < -0.3 is 4.90 Å². The molecule has 0 aliphatic heterocycles. The number of hydrogen-bond acceptors (Lipinski definition) is 1. The van der Waals surface area contributed by atoms with E-state index in [-0.39, 0.29) is 5.41 Å². The molecule has 0 aromatic heterocycles. The lowest BCUT2D eigenvalue weighted by molar-refractivity contribution is 0.660. The number of hydrogen-bond donors (Lipinski definition) is 0. The van der Waals surface area contributed by atoms with Crippen LogP contribution in [0.15, 0.2) is 151 Å². The van der Waals surface area contributed by atoms with Gasteiger partial charge in [-0.2, -0.15) is 0 Å². The Hall–Kier alpha value is -4.40. The van der Waals surface area contributed by atoms with Gasteiger partial charge in [0.15, 0.2) is 0 Å². The van der Waals surface area contributed by atoms with Crippen molar-refractivity contribution in [3.63, 3.8) is 0 Å². The number of benzene rings is 5. The van der Waals surface area contributed by atoms with Gasteiger partial charge in [-0.1, -0.05) is 127 Å². The normalized spacial score (nSPS) is 13.6. The number of halogens is 1. The fourth-order valence-corrected chi connectivity index (χ4v) is 6.34. The third-order valence-corrected chi connectivity index (χ3v) is 8.82. The van der Waals surface area contributed by atoms with Gasteiger partial charge in [0.25, 0.3) is 0 Å². The highest BCUT2D eigenvalue weighted by atomic mass is 79.9. The van der Waals surface area contributed by atoms with Gasteiger partial charge in [0.1, 0.15) is 0 Å². The highest BCUT2D eigenvalue weighted by Gasteiger charge is 2.35. The lowest BCUT2D eigenvalue weighted by Crippen LogP contribution is -2.16. The molecule has 206 valence electrons. The predicted molar refractivity (Wildman–Crippen MR) is 185 cm³/mol. The molecule has 0 N–H and O–H groups in total. The average molecular weight is 609 g/mol. The summed E-state index contributed by atoms with van der Waals surface area (Å²) in [5, 5.41) is 0. The first-order valence-electron chi connectivity index (χ1n) is 14.4. The molecule has 1 nitrogen and oxygen atoms in total. The van der Waals surface area contributed by atoms with E-state index in [1.54, 1.807) is 0 Å². The van der Waals surface area contributed by atoms with Crippen LogP contribution in [0.4, 0.5) is 17.1 Å². The van der Waals surface area contributed by atoms with Crippen LogP contribution in [0.1, 0.15) is 37.5 Å². The fraction of sp³-hybridized carbons (Fsp3) is 0.100. The largest absolute Gasteiger partial charge is 0.310 e. The van der Waals surface area contributed by atoms with Gasteiger partial charge in [-0.05, 0) is 100.0 Å². The van der Waals surface area contributed by atoms with Crippen molar-refractivity contribution in [3.05, 3.63) is 167 Å². The number of anilines is 3. The highest BCUT2D eigenvalue weighted by molar-refractivity contribution is 9.10. The Bertz CT molecular complexity index is 1820. The second-order valence-corrected chi connectivity index (χ2v) is 12.1. The molecule has 0 amide bonds. The van der Waals surface area contributed by atoms with Crippen molar-refractivity contribution < 1.29 is 0 Å². The second kappa shape index (κ2) is 11.5. The van der Waals surface area contributed by atoms with Crippen molar-refractivity contribution in [1.29, 1.82) is 0 Å². The van der Waals surface area contributed by atoms with Crippen molar-refractivity contribution in [3.8, 4) is 22.3 Å². The molecule has 0 spiro atoms. The van der Waals surface area contributed by atoms with Crippen molar-refractivity contribution in [2.24, 2.45) is 0 Å². The Labute approximate surface area is 258 Å². The quantitative estimate of drug-likeness (QED) is 0.166. The minimum absolute atomic E-state index is 0.0744. The van der Waals surface area contributed by atoms with Crippen LogP contribution < -0.4 is 4.90 Å². The third kappa shape index (κ3) is 5.08. The van der Waals surface area contributed by atoms with Gasteiger partial charge in [-0.25, -0.2) is 0 Å². The first-order chi connectivity index (χ1) is 20.4. The van der Waals surface area contributed by atoms with Crippen LogP contribution >= 0.6 is 15.9 Å². The van der Waals surface area contributed by atoms with Gasteiger partial charge in [0, 0.05) is 26.9 Å². The maximum atomic E-state index is 3.82. The summed E-state index contributed by atoms with van der Waals surface area (Å²) in [4.78, 5) is 2.38. The van der Waals surface area contributed by atoms with Crippen molar-refractivity contribution in [2.75, 3.05) is 4.90 Å². The monoisotopic (exact) mass is 607 g/mol. The molecule has 0 heterocycles. The topological polar surface area (TPSA) is 3.24 Å². The molecular weight excluding hydrogens is 574 g/mol. The summed E-state index contributed by atoms with van der Waals surface area (Å²) < 4.78 is 1.08. The Morgan fingerprint density at radius 1 is 0.690 bits per heavy atom. The summed E-state index contributed by atoms with van der Waals surface area (Å²) in [5.41, 5.74) is 13.4. The van der Waals surface area contributed by atoms with Gasteiger partial charge in [-0.3, -0.25) is 0 Å². The van der Waals surface area contributed by atoms with Crippen LogP contribution in [0.2, 0.25) is 0 Å². The molecule has 1 aliphatic carbocycles. The van der Waals surface area contributed by atoms with Crippen molar-refractivity contribution in [1.82, 2.24) is 0 Å². The van der Waals surface area contributed by atoms with Crippen LogP contribution in [-0.4, -0.2) is 0 Å². The molecule has 2 heteroatoms. The molecule has 0 radical (unpaired) electrons. The first-order valence-corrected chi connectivity index (χ1v) is 15.2. The van der Waals surface area contributed by atoms with Gasteiger partial charge >= 0.3 is 0 Å². The third-order valence-electron chi connectivity index (χ3n) is 8.29. The van der Waals surface area contributed by atoms with E-state index in [1.807, 2.05) is 12.2 Å². The summed E-state index contributed by atoms with van der Waals surface area (Å²) in [6.07, 6.45) is 8.02. The van der Waals surface area contributed by atoms with Crippen molar-refractivity contribution >= 4 is 38.6 Å². The summed E-state index contributed by atoms with van der Waals surface area (Å²) in [6, 6.07) is 42.0. The zero-order valence-corrected chi connectivity index (χ0v) is 25.9. The van der Waals surface area contributed by atoms with Crippen LogP contribution in [-0.2, 0) is 5.41 Å². The molecule has 0 unspecified atom stereocenters. The molecule has 6 rings (SSSR count). The zero-order chi connectivity index (χ0) is 29.3. The van der Waals surface area contributed by atoms with E-state index in [0.717, 1.165) is 21.5 Å². The van der Waals surface area contributed by atoms with Crippen molar-refractivity contribution in [2.45, 2.75) is 26.2 Å². The second-order valence-electron chi connectivity index (χ2n) is 11.2. The van der Waals surface area contributed by atoms with E-state index in [1.165, 1.54) is 44.5 Å². The molecule has 0 saturated heterocycles. The Balaban J connectivity index is 1.49. The minimum Gasteiger partial charge on any atom is -0.310 e. The molecule has 1 aliphatic rings.